The van der Waals surface area contributed by atoms with Crippen LogP contribution in [-0.4, -0.2) is 23.1 Å². The third-order valence-electron chi connectivity index (χ3n) is 3.19. The van der Waals surface area contributed by atoms with Crippen LogP contribution >= 0.6 is 0 Å². The molecule has 18 heavy (non-hydrogen) atoms. The molecule has 4 heteroatoms. The lowest BCUT2D eigenvalue weighted by Gasteiger charge is -2.20. The minimum Gasteiger partial charge on any atom is -0.508 e. The van der Waals surface area contributed by atoms with Crippen LogP contribution in [0.2, 0.25) is 0 Å². The zero-order valence-electron chi connectivity index (χ0n) is 10.8. The average molecular weight is 248 g/mol. The Morgan fingerprint density at radius 2 is 2.11 bits per heavy atom. The molecule has 2 atom stereocenters. The number of hydrogen-bond acceptors (Lipinski definition) is 3. The summed E-state index contributed by atoms with van der Waals surface area (Å²) in [6.07, 6.45) is 2.20. The topological polar surface area (TPSA) is 61.4 Å². The van der Waals surface area contributed by atoms with Crippen molar-refractivity contribution < 1.29 is 9.90 Å². The fourth-order valence-electron chi connectivity index (χ4n) is 1.89. The molecule has 0 aliphatic heterocycles. The van der Waals surface area contributed by atoms with Gasteiger partial charge >= 0.3 is 0 Å². The second kappa shape index (κ2) is 5.40. The second-order valence-electron chi connectivity index (χ2n) is 4.99. The highest BCUT2D eigenvalue weighted by atomic mass is 16.3. The summed E-state index contributed by atoms with van der Waals surface area (Å²) in [5, 5.41) is 15.6. The Bertz CT molecular complexity index is 430. The van der Waals surface area contributed by atoms with Crippen molar-refractivity contribution in [2.75, 3.05) is 0 Å². The molecule has 3 N–H and O–H groups in total. The van der Waals surface area contributed by atoms with Crippen molar-refractivity contribution in [1.29, 1.82) is 0 Å². The van der Waals surface area contributed by atoms with E-state index in [0.717, 1.165) is 18.4 Å². The summed E-state index contributed by atoms with van der Waals surface area (Å²) in [7, 11) is 0. The molecule has 1 aromatic carbocycles. The van der Waals surface area contributed by atoms with Crippen LogP contribution < -0.4 is 10.6 Å². The first-order valence-electron chi connectivity index (χ1n) is 6.41. The summed E-state index contributed by atoms with van der Waals surface area (Å²) in [6, 6.07) is 7.27. The van der Waals surface area contributed by atoms with Crippen LogP contribution in [0.4, 0.5) is 0 Å². The molecule has 0 aromatic heterocycles. The first-order valence-corrected chi connectivity index (χ1v) is 6.41. The van der Waals surface area contributed by atoms with Crippen molar-refractivity contribution >= 4 is 5.91 Å². The maximum atomic E-state index is 11.8. The van der Waals surface area contributed by atoms with Crippen molar-refractivity contribution in [3.63, 3.8) is 0 Å². The molecule has 0 bridgehead atoms. The quantitative estimate of drug-likeness (QED) is 0.743. The van der Waals surface area contributed by atoms with Gasteiger partial charge in [0, 0.05) is 12.1 Å². The maximum Gasteiger partial charge on any atom is 0.237 e. The lowest BCUT2D eigenvalue weighted by molar-refractivity contribution is -0.123. The first kappa shape index (κ1) is 12.9. The number of carbonyl (C=O) groups is 1. The molecule has 0 heterocycles. The van der Waals surface area contributed by atoms with Gasteiger partial charge in [-0.15, -0.1) is 0 Å². The molecule has 4 nitrogen and oxygen atoms in total. The monoisotopic (exact) mass is 248 g/mol. The standard InChI is InChI=1S/C14H20N2O2/c1-9(11-4-3-5-13(17)8-11)15-10(2)14(18)16-12-6-7-12/h3-5,8-10,12,15,17H,6-7H2,1-2H3,(H,16,18). The molecule has 0 spiro atoms. The van der Waals surface area contributed by atoms with E-state index >= 15 is 0 Å². The van der Waals surface area contributed by atoms with Gasteiger partial charge in [0.15, 0.2) is 0 Å². The normalized spacial score (nSPS) is 18.1. The van der Waals surface area contributed by atoms with E-state index in [9.17, 15) is 9.90 Å². The molecule has 1 aliphatic carbocycles. The molecule has 98 valence electrons. The number of rotatable bonds is 5. The van der Waals surface area contributed by atoms with E-state index in [0.29, 0.717) is 6.04 Å². The van der Waals surface area contributed by atoms with Crippen LogP contribution in [0, 0.1) is 0 Å². The van der Waals surface area contributed by atoms with E-state index in [-0.39, 0.29) is 23.7 Å². The van der Waals surface area contributed by atoms with E-state index in [1.165, 1.54) is 0 Å². The Balaban J connectivity index is 1.89. The van der Waals surface area contributed by atoms with Crippen LogP contribution in [0.5, 0.6) is 5.75 Å². The zero-order valence-corrected chi connectivity index (χ0v) is 10.8. The van der Waals surface area contributed by atoms with Gasteiger partial charge in [-0.2, -0.15) is 0 Å². The van der Waals surface area contributed by atoms with Crippen LogP contribution in [0.3, 0.4) is 0 Å². The van der Waals surface area contributed by atoms with Crippen molar-refractivity contribution in [2.24, 2.45) is 0 Å². The fraction of sp³-hybridized carbons (Fsp3) is 0.500. The van der Waals surface area contributed by atoms with Crippen molar-refractivity contribution in [3.05, 3.63) is 29.8 Å². The first-order chi connectivity index (χ1) is 8.56. The Morgan fingerprint density at radius 3 is 2.72 bits per heavy atom. The van der Waals surface area contributed by atoms with Crippen molar-refractivity contribution in [3.8, 4) is 5.75 Å². The number of amides is 1. The summed E-state index contributed by atoms with van der Waals surface area (Å²) in [6.45, 7) is 3.84. The summed E-state index contributed by atoms with van der Waals surface area (Å²) < 4.78 is 0. The van der Waals surface area contributed by atoms with Crippen LogP contribution in [0.1, 0.15) is 38.3 Å². The highest BCUT2D eigenvalue weighted by Gasteiger charge is 2.26. The number of nitrogens with one attached hydrogen (secondary N) is 2. The van der Waals surface area contributed by atoms with E-state index in [2.05, 4.69) is 10.6 Å². The van der Waals surface area contributed by atoms with Crippen LogP contribution in [-0.2, 0) is 4.79 Å². The maximum absolute atomic E-state index is 11.8. The molecular weight excluding hydrogens is 228 g/mol. The highest BCUT2D eigenvalue weighted by Crippen LogP contribution is 2.20. The predicted molar refractivity (Wildman–Crippen MR) is 70.3 cm³/mol. The predicted octanol–water partition coefficient (Wildman–Crippen LogP) is 1.71. The Labute approximate surface area is 107 Å². The lowest BCUT2D eigenvalue weighted by Crippen LogP contribution is -2.43. The molecule has 0 radical (unpaired) electrons. The minimum absolute atomic E-state index is 0.0250. The lowest BCUT2D eigenvalue weighted by atomic mass is 10.1. The van der Waals surface area contributed by atoms with E-state index in [1.807, 2.05) is 19.9 Å². The number of carbonyl (C=O) groups excluding carboxylic acids is 1. The Kier molecular flexibility index (Phi) is 3.87. The summed E-state index contributed by atoms with van der Waals surface area (Å²) in [5.74, 6) is 0.292. The zero-order chi connectivity index (χ0) is 13.1. The van der Waals surface area contributed by atoms with Crippen molar-refractivity contribution in [1.82, 2.24) is 10.6 Å². The molecule has 0 saturated heterocycles. The second-order valence-corrected chi connectivity index (χ2v) is 4.99. The molecule has 1 aromatic rings. The van der Waals surface area contributed by atoms with Gasteiger partial charge in [0.2, 0.25) is 5.91 Å². The average Bonchev–Trinajstić information content (AvgIpc) is 3.12. The molecule has 1 aliphatic rings. The number of benzene rings is 1. The van der Waals surface area contributed by atoms with Gasteiger partial charge in [0.25, 0.3) is 0 Å². The van der Waals surface area contributed by atoms with Crippen LogP contribution in [0.25, 0.3) is 0 Å². The van der Waals surface area contributed by atoms with E-state index in [4.69, 9.17) is 0 Å². The van der Waals surface area contributed by atoms with Gasteiger partial charge < -0.3 is 10.4 Å². The molecule has 1 saturated carbocycles. The third-order valence-corrected chi connectivity index (χ3v) is 3.19. The number of phenols is 1. The Morgan fingerprint density at radius 1 is 1.39 bits per heavy atom. The third kappa shape index (κ3) is 3.47. The van der Waals surface area contributed by atoms with Gasteiger partial charge in [0.1, 0.15) is 5.75 Å². The molecule has 1 amide bonds. The SMILES string of the molecule is CC(NC(C)c1cccc(O)c1)C(=O)NC1CC1. The van der Waals surface area contributed by atoms with Gasteiger partial charge in [-0.25, -0.2) is 0 Å². The minimum atomic E-state index is -0.233. The van der Waals surface area contributed by atoms with Gasteiger partial charge in [-0.3, -0.25) is 10.1 Å². The van der Waals surface area contributed by atoms with Crippen LogP contribution in [0.15, 0.2) is 24.3 Å². The number of aromatic hydroxyl groups is 1. The Hall–Kier alpha value is -1.55. The van der Waals surface area contributed by atoms with E-state index in [1.54, 1.807) is 18.2 Å². The smallest absolute Gasteiger partial charge is 0.237 e. The van der Waals surface area contributed by atoms with Crippen molar-refractivity contribution in [2.45, 2.75) is 44.8 Å². The van der Waals surface area contributed by atoms with Gasteiger partial charge in [-0.1, -0.05) is 12.1 Å². The fourth-order valence-corrected chi connectivity index (χ4v) is 1.89. The largest absolute Gasteiger partial charge is 0.508 e. The number of hydrogen-bond donors (Lipinski definition) is 3. The molecule has 1 fully saturated rings. The van der Waals surface area contributed by atoms with Gasteiger partial charge in [-0.05, 0) is 44.4 Å². The molecular formula is C14H20N2O2. The molecule has 2 unspecified atom stereocenters. The summed E-state index contributed by atoms with van der Waals surface area (Å²) in [4.78, 5) is 11.8. The van der Waals surface area contributed by atoms with E-state index < -0.39 is 0 Å². The van der Waals surface area contributed by atoms with Gasteiger partial charge in [0.05, 0.1) is 6.04 Å². The number of phenolic OH excluding ortho intramolecular Hbond substituents is 1. The highest BCUT2D eigenvalue weighted by molar-refractivity contribution is 5.81. The summed E-state index contributed by atoms with van der Waals surface area (Å²) >= 11 is 0. The summed E-state index contributed by atoms with van der Waals surface area (Å²) in [5.41, 5.74) is 0.973. The molecule has 2 rings (SSSR count).